The first kappa shape index (κ1) is 80.3. The van der Waals surface area contributed by atoms with Gasteiger partial charge in [-0.3, -0.25) is 28.8 Å². The summed E-state index contributed by atoms with van der Waals surface area (Å²) in [6.45, 7) is 44.0. The molecule has 30 heteroatoms. The molecule has 0 saturated heterocycles. The van der Waals surface area contributed by atoms with Gasteiger partial charge in [-0.1, -0.05) is 62.3 Å². The third-order valence-corrected chi connectivity index (χ3v) is 17.2. The van der Waals surface area contributed by atoms with E-state index in [-0.39, 0.29) is 127 Å². The van der Waals surface area contributed by atoms with Gasteiger partial charge in [0.25, 0.3) is 47.3 Å². The lowest BCUT2D eigenvalue weighted by Crippen LogP contribution is -2.32. The number of allylic oxidation sites excluding steroid dienone is 1. The van der Waals surface area contributed by atoms with E-state index in [2.05, 4.69) is 25.8 Å². The van der Waals surface area contributed by atoms with Crippen LogP contribution < -0.4 is 22.5 Å². The van der Waals surface area contributed by atoms with Crippen LogP contribution in [-0.2, 0) is 10.8 Å². The van der Waals surface area contributed by atoms with E-state index in [0.717, 1.165) is 0 Å². The summed E-state index contributed by atoms with van der Waals surface area (Å²) >= 11 is 0. The van der Waals surface area contributed by atoms with Crippen molar-refractivity contribution in [2.24, 2.45) is 41.8 Å². The van der Waals surface area contributed by atoms with Gasteiger partial charge in [-0.2, -0.15) is 34.5 Å². The number of hydrogen-bond donors (Lipinski definition) is 5. The molecule has 6 rings (SSSR count). The zero-order chi connectivity index (χ0) is 76.0. The molecule has 0 radical (unpaired) electrons. The number of nitrogen functional groups attached to an aromatic ring is 2. The molecule has 30 nitrogen and oxygen atoms in total. The van der Waals surface area contributed by atoms with Crippen molar-refractivity contribution in [2.75, 3.05) is 95.3 Å². The molecule has 6 aromatic rings. The first-order valence-electron chi connectivity index (χ1n) is 35.0. The Bertz CT molecular complexity index is 4010. The van der Waals surface area contributed by atoms with Gasteiger partial charge in [0.05, 0.1) is 50.9 Å². The fourth-order valence-corrected chi connectivity index (χ4v) is 10.9. The van der Waals surface area contributed by atoms with Crippen LogP contribution in [0.5, 0.6) is 0 Å². The summed E-state index contributed by atoms with van der Waals surface area (Å²) in [5, 5.41) is 50.6. The number of carbonyl (C=O) groups excluding carboxylic acids is 6. The van der Waals surface area contributed by atoms with E-state index in [4.69, 9.17) is 52.6 Å². The van der Waals surface area contributed by atoms with E-state index in [9.17, 15) is 34.2 Å². The minimum Gasteiger partial charge on any atom is -0.383 e. The van der Waals surface area contributed by atoms with Crippen LogP contribution in [0.15, 0.2) is 96.8 Å². The molecule has 0 aliphatic heterocycles. The number of nitrogens with two attached hydrogens (primary N) is 3. The molecular weight excluding hydrogens is 1300 g/mol. The molecule has 548 valence electrons. The molecule has 0 fully saturated rings. The lowest BCUT2D eigenvalue weighted by Gasteiger charge is -2.22. The molecule has 3 heterocycles. The SMILES string of the molecule is CCN(CC)C(=O)c1ccc(N=N/C(C(=N)C(C)(C)C)=C(\N)Nc2nc(-n3nc(C(C)(C)C)c(N=Nc4ccc(C(=O)N(CC)CC)cc4C(=O)N(CC)CC)c3N)nc(-n3nc(C(C)(C)C)c(N=Nc4ccc(C(=O)N(CC)CC)cc4C(=O)N(CC)CC)c3N)n2)c(C(=O)N(CC)CC)c1. The van der Waals surface area contributed by atoms with Gasteiger partial charge >= 0.3 is 0 Å². The first-order chi connectivity index (χ1) is 48.1. The lowest BCUT2D eigenvalue weighted by molar-refractivity contribution is 0.0756. The van der Waals surface area contributed by atoms with Crippen LogP contribution in [0.2, 0.25) is 0 Å². The highest BCUT2D eigenvalue weighted by Gasteiger charge is 2.34. The van der Waals surface area contributed by atoms with E-state index in [1.54, 1.807) is 80.5 Å². The van der Waals surface area contributed by atoms with Gasteiger partial charge in [-0.25, -0.2) is 0 Å². The predicted molar refractivity (Wildman–Crippen MR) is 398 cm³/mol. The molecule has 0 spiro atoms. The van der Waals surface area contributed by atoms with Crippen molar-refractivity contribution in [1.82, 2.24) is 63.9 Å². The zero-order valence-electron chi connectivity index (χ0n) is 63.4. The quantitative estimate of drug-likeness (QED) is 0.0215. The van der Waals surface area contributed by atoms with E-state index < -0.39 is 22.2 Å². The number of rotatable bonds is 29. The average Bonchev–Trinajstić information content (AvgIpc) is 1.60. The van der Waals surface area contributed by atoms with Gasteiger partial charge in [0, 0.05) is 111 Å². The van der Waals surface area contributed by atoms with Crippen molar-refractivity contribution in [3.8, 4) is 11.9 Å². The highest BCUT2D eigenvalue weighted by Crippen LogP contribution is 2.41. The molecular formula is C72H104N24O6. The van der Waals surface area contributed by atoms with E-state index in [0.29, 0.717) is 101 Å². The third-order valence-electron chi connectivity index (χ3n) is 17.2. The van der Waals surface area contributed by atoms with Gasteiger partial charge in [-0.05, 0) is 138 Å². The number of benzene rings is 3. The van der Waals surface area contributed by atoms with Crippen molar-refractivity contribution in [3.63, 3.8) is 0 Å². The number of aromatic nitrogens is 7. The average molecular weight is 1400 g/mol. The minimum atomic E-state index is -0.930. The molecule has 3 aromatic heterocycles. The molecule has 0 aliphatic rings. The Hall–Kier alpha value is -10.7. The fraction of sp³-hybridized carbons (Fsp3) is 0.500. The summed E-state index contributed by atoms with van der Waals surface area (Å²) in [4.78, 5) is 108. The molecule has 0 unspecified atom stereocenters. The Morgan fingerprint density at radius 1 is 0.431 bits per heavy atom. The van der Waals surface area contributed by atoms with Crippen molar-refractivity contribution in [2.45, 2.75) is 156 Å². The number of nitrogens with one attached hydrogen (secondary N) is 2. The molecule has 8 N–H and O–H groups in total. The standard InChI is InChI=1S/C72H104N24O6/c1-22-89(23-2)61(97)43-34-37-49(46(40-43)64(100)92(28-7)29-8)81-84-52(55(73)70(13,14)15)58(74)77-67-78-68(95-59(75)53(56(87-95)71(16,17)18)85-82-50-38-35-44(62(98)90(24-3)25-4)41-47(50)65(101)93(30-9)31-10)80-69(79-67)96-60(76)54(57(88-96)72(19,20)21)86-83-51-39-36-45(63(99)91(26-5)27-6)42-48(51)66(102)94(32-11)33-12/h34-42,73H,22-33,74-76H2,1-21H3,(H,77,78,79,80)/b58-52+,73-55?,84-81?,85-82?,86-83?. The van der Waals surface area contributed by atoms with Gasteiger partial charge in [0.2, 0.25) is 5.95 Å². The second kappa shape index (κ2) is 34.1. The summed E-state index contributed by atoms with van der Waals surface area (Å²) in [5.41, 5.74) is 21.0. The Morgan fingerprint density at radius 3 is 0.990 bits per heavy atom. The van der Waals surface area contributed by atoms with Gasteiger partial charge < -0.3 is 57.3 Å². The summed E-state index contributed by atoms with van der Waals surface area (Å²) < 4.78 is 2.43. The maximum Gasteiger partial charge on any atom is 0.259 e. The van der Waals surface area contributed by atoms with E-state index in [1.807, 2.05) is 125 Å². The van der Waals surface area contributed by atoms with Crippen molar-refractivity contribution >= 4 is 87.2 Å². The topological polar surface area (TPSA) is 384 Å². The van der Waals surface area contributed by atoms with Crippen LogP contribution in [-0.4, -0.2) is 184 Å². The first-order valence-corrected chi connectivity index (χ1v) is 35.0. The highest BCUT2D eigenvalue weighted by molar-refractivity contribution is 6.06. The van der Waals surface area contributed by atoms with E-state index >= 15 is 0 Å². The Morgan fingerprint density at radius 2 is 0.716 bits per heavy atom. The number of anilines is 3. The van der Waals surface area contributed by atoms with Crippen LogP contribution in [0.4, 0.5) is 46.0 Å². The molecule has 0 atom stereocenters. The monoisotopic (exact) mass is 1400 g/mol. The lowest BCUT2D eigenvalue weighted by atomic mass is 9.88. The fourth-order valence-electron chi connectivity index (χ4n) is 10.9. The summed E-state index contributed by atoms with van der Waals surface area (Å²) in [6, 6.07) is 14.0. The Balaban J connectivity index is 1.68. The maximum absolute atomic E-state index is 14.3. The summed E-state index contributed by atoms with van der Waals surface area (Å²) in [7, 11) is 0. The smallest absolute Gasteiger partial charge is 0.259 e. The summed E-state index contributed by atoms with van der Waals surface area (Å²) in [6.07, 6.45) is 0. The van der Waals surface area contributed by atoms with Crippen LogP contribution >= 0.6 is 0 Å². The number of carbonyl (C=O) groups is 6. The molecule has 0 bridgehead atoms. The number of nitrogens with zero attached hydrogens (tertiary/aromatic N) is 19. The van der Waals surface area contributed by atoms with Gasteiger partial charge in [-0.15, -0.1) is 30.7 Å². The third kappa shape index (κ3) is 17.9. The second-order valence-corrected chi connectivity index (χ2v) is 26.9. The normalized spacial score (nSPS) is 12.3. The molecule has 0 saturated carbocycles. The van der Waals surface area contributed by atoms with Crippen LogP contribution in [0.1, 0.15) is 219 Å². The molecule has 102 heavy (non-hydrogen) atoms. The van der Waals surface area contributed by atoms with Gasteiger partial charge in [0.15, 0.2) is 23.0 Å². The maximum atomic E-state index is 14.3. The van der Waals surface area contributed by atoms with Crippen LogP contribution in [0.25, 0.3) is 11.9 Å². The van der Waals surface area contributed by atoms with E-state index in [1.165, 1.54) is 33.6 Å². The highest BCUT2D eigenvalue weighted by atomic mass is 16.2. The molecule has 0 aliphatic carbocycles. The Labute approximate surface area is 598 Å². The van der Waals surface area contributed by atoms with Crippen molar-refractivity contribution < 1.29 is 28.8 Å². The second-order valence-electron chi connectivity index (χ2n) is 26.9. The minimum absolute atomic E-state index is 0.0779. The Kier molecular flexibility index (Phi) is 26.9. The number of hydrogen-bond acceptors (Lipinski definition) is 22. The largest absolute Gasteiger partial charge is 0.383 e. The number of azo groups is 3. The van der Waals surface area contributed by atoms with Gasteiger partial charge in [0.1, 0.15) is 11.5 Å². The van der Waals surface area contributed by atoms with Crippen LogP contribution in [0, 0.1) is 10.8 Å². The van der Waals surface area contributed by atoms with Crippen molar-refractivity contribution in [1.29, 1.82) is 5.41 Å². The molecule has 3 aromatic carbocycles. The van der Waals surface area contributed by atoms with Crippen LogP contribution in [0.3, 0.4) is 0 Å². The number of amides is 6. The predicted octanol–water partition coefficient (Wildman–Crippen LogP) is 13.1. The van der Waals surface area contributed by atoms with Crippen molar-refractivity contribution in [3.05, 3.63) is 111 Å². The molecule has 6 amide bonds. The summed E-state index contributed by atoms with van der Waals surface area (Å²) in [5.74, 6) is -3.24. The zero-order valence-corrected chi connectivity index (χ0v) is 63.4.